The third kappa shape index (κ3) is 5.00. The molecule has 28 heavy (non-hydrogen) atoms. The highest BCUT2D eigenvalue weighted by Crippen LogP contribution is 2.15. The predicted molar refractivity (Wildman–Crippen MR) is 111 cm³/mol. The van der Waals surface area contributed by atoms with Crippen LogP contribution >= 0.6 is 0 Å². The Balaban J connectivity index is 1.66. The topological polar surface area (TPSA) is 59.4 Å². The van der Waals surface area contributed by atoms with Crippen molar-refractivity contribution in [2.24, 2.45) is 5.92 Å². The van der Waals surface area contributed by atoms with E-state index >= 15 is 0 Å². The van der Waals surface area contributed by atoms with Crippen molar-refractivity contribution in [1.82, 2.24) is 20.0 Å². The van der Waals surface area contributed by atoms with Crippen molar-refractivity contribution in [3.8, 4) is 0 Å². The number of amides is 1. The van der Waals surface area contributed by atoms with Crippen LogP contribution in [-0.4, -0.2) is 59.5 Å². The van der Waals surface area contributed by atoms with Gasteiger partial charge in [-0.1, -0.05) is 51.1 Å². The number of benzene rings is 1. The fourth-order valence-electron chi connectivity index (χ4n) is 3.85. The number of rotatable bonds is 8. The number of aromatic nitrogens is 2. The third-order valence-electron chi connectivity index (χ3n) is 5.46. The van der Waals surface area contributed by atoms with Gasteiger partial charge in [-0.25, -0.2) is 0 Å². The molecule has 2 aromatic rings. The molecule has 0 bridgehead atoms. The van der Waals surface area contributed by atoms with Gasteiger partial charge in [-0.05, 0) is 17.9 Å². The van der Waals surface area contributed by atoms with Crippen molar-refractivity contribution >= 4 is 5.91 Å². The van der Waals surface area contributed by atoms with Crippen LogP contribution in [0.4, 0.5) is 0 Å². The van der Waals surface area contributed by atoms with Gasteiger partial charge in [0.1, 0.15) is 0 Å². The summed E-state index contributed by atoms with van der Waals surface area (Å²) in [6.07, 6.45) is 2.48. The first kappa shape index (κ1) is 20.6. The molecule has 0 spiro atoms. The van der Waals surface area contributed by atoms with Crippen LogP contribution in [0.3, 0.4) is 0 Å². The number of carbonyl (C=O) groups excluding carboxylic acids is 1. The van der Waals surface area contributed by atoms with E-state index in [1.54, 1.807) is 6.20 Å². The van der Waals surface area contributed by atoms with E-state index in [2.05, 4.69) is 48.2 Å². The Morgan fingerprint density at radius 2 is 1.93 bits per heavy atom. The minimum atomic E-state index is -0.0323. The second-order valence-electron chi connectivity index (χ2n) is 7.67. The van der Waals surface area contributed by atoms with Gasteiger partial charge in [0.05, 0.1) is 37.2 Å². The molecule has 0 saturated carbocycles. The normalized spacial score (nSPS) is 16.3. The quantitative estimate of drug-likeness (QED) is 0.760. The summed E-state index contributed by atoms with van der Waals surface area (Å²) in [6.45, 7) is 11.2. The van der Waals surface area contributed by atoms with E-state index in [-0.39, 0.29) is 5.91 Å². The van der Waals surface area contributed by atoms with E-state index < -0.39 is 0 Å². The van der Waals surface area contributed by atoms with Crippen molar-refractivity contribution < 1.29 is 9.53 Å². The monoisotopic (exact) mass is 384 g/mol. The molecular weight excluding hydrogens is 352 g/mol. The van der Waals surface area contributed by atoms with Crippen molar-refractivity contribution in [1.29, 1.82) is 0 Å². The Hall–Kier alpha value is -2.18. The summed E-state index contributed by atoms with van der Waals surface area (Å²) in [6, 6.07) is 10.5. The lowest BCUT2D eigenvalue weighted by Gasteiger charge is -2.36. The fraction of sp³-hybridized carbons (Fsp3) is 0.545. The van der Waals surface area contributed by atoms with Gasteiger partial charge in [-0.15, -0.1) is 0 Å². The van der Waals surface area contributed by atoms with Crippen LogP contribution in [0.2, 0.25) is 0 Å². The number of morpholine rings is 1. The number of hydrogen-bond acceptors (Lipinski definition) is 4. The summed E-state index contributed by atoms with van der Waals surface area (Å²) in [5, 5.41) is 7.64. The van der Waals surface area contributed by atoms with Gasteiger partial charge >= 0.3 is 0 Å². The molecule has 1 aromatic heterocycles. The third-order valence-corrected chi connectivity index (χ3v) is 5.46. The molecule has 152 valence electrons. The molecule has 1 fully saturated rings. The Bertz CT molecular complexity index is 751. The van der Waals surface area contributed by atoms with Crippen molar-refractivity contribution in [3.63, 3.8) is 0 Å². The van der Waals surface area contributed by atoms with Gasteiger partial charge in [0, 0.05) is 25.7 Å². The van der Waals surface area contributed by atoms with Gasteiger partial charge in [-0.2, -0.15) is 5.10 Å². The highest BCUT2D eigenvalue weighted by Gasteiger charge is 2.25. The fourth-order valence-corrected chi connectivity index (χ4v) is 3.85. The van der Waals surface area contributed by atoms with Gasteiger partial charge in [0.2, 0.25) is 0 Å². The van der Waals surface area contributed by atoms with Crippen LogP contribution in [0.5, 0.6) is 0 Å². The zero-order valence-corrected chi connectivity index (χ0v) is 17.2. The van der Waals surface area contributed by atoms with Crippen LogP contribution in [0.1, 0.15) is 42.4 Å². The minimum absolute atomic E-state index is 0.0323. The molecule has 2 heterocycles. The SMILES string of the molecule is CCc1c(C(=O)NCC(C(C)C)N2CCOCC2)cnn1Cc1ccccc1. The Kier molecular flexibility index (Phi) is 7.23. The first-order valence-electron chi connectivity index (χ1n) is 10.3. The molecule has 1 aliphatic heterocycles. The van der Waals surface area contributed by atoms with Crippen LogP contribution in [0.15, 0.2) is 36.5 Å². The molecule has 6 nitrogen and oxygen atoms in total. The summed E-state index contributed by atoms with van der Waals surface area (Å²) in [5.41, 5.74) is 2.84. The maximum absolute atomic E-state index is 12.9. The second-order valence-corrected chi connectivity index (χ2v) is 7.67. The van der Waals surface area contributed by atoms with Crippen molar-refractivity contribution in [2.45, 2.75) is 39.8 Å². The molecule has 1 saturated heterocycles. The van der Waals surface area contributed by atoms with E-state index in [1.165, 1.54) is 5.56 Å². The van der Waals surface area contributed by atoms with Crippen LogP contribution in [0, 0.1) is 5.92 Å². The first-order chi connectivity index (χ1) is 13.6. The summed E-state index contributed by atoms with van der Waals surface area (Å²) >= 11 is 0. The highest BCUT2D eigenvalue weighted by molar-refractivity contribution is 5.95. The molecule has 1 atom stereocenters. The number of nitrogens with one attached hydrogen (secondary N) is 1. The summed E-state index contributed by atoms with van der Waals surface area (Å²) in [5.74, 6) is 0.430. The van der Waals surface area contributed by atoms with Gasteiger partial charge < -0.3 is 10.1 Å². The predicted octanol–water partition coefficient (Wildman–Crippen LogP) is 2.58. The maximum Gasteiger partial charge on any atom is 0.254 e. The Morgan fingerprint density at radius 1 is 1.21 bits per heavy atom. The average Bonchev–Trinajstić information content (AvgIpc) is 3.12. The molecular formula is C22H32N4O2. The summed E-state index contributed by atoms with van der Waals surface area (Å²) < 4.78 is 7.40. The maximum atomic E-state index is 12.9. The zero-order valence-electron chi connectivity index (χ0n) is 17.2. The first-order valence-corrected chi connectivity index (χ1v) is 10.3. The molecule has 0 radical (unpaired) electrons. The van der Waals surface area contributed by atoms with E-state index in [9.17, 15) is 4.79 Å². The number of carbonyl (C=O) groups is 1. The second kappa shape index (κ2) is 9.85. The van der Waals surface area contributed by atoms with Crippen molar-refractivity contribution in [3.05, 3.63) is 53.3 Å². The average molecular weight is 385 g/mol. The number of hydrogen-bond donors (Lipinski definition) is 1. The molecule has 0 aliphatic carbocycles. The number of ether oxygens (including phenoxy) is 1. The zero-order chi connectivity index (χ0) is 19.9. The summed E-state index contributed by atoms with van der Waals surface area (Å²) in [7, 11) is 0. The lowest BCUT2D eigenvalue weighted by Crippen LogP contribution is -2.51. The smallest absolute Gasteiger partial charge is 0.254 e. The Labute approximate surface area is 167 Å². The van der Waals surface area contributed by atoms with Crippen LogP contribution < -0.4 is 5.32 Å². The molecule has 1 aliphatic rings. The lowest BCUT2D eigenvalue weighted by atomic mass is 10.0. The van der Waals surface area contributed by atoms with E-state index in [1.807, 2.05) is 22.9 Å². The minimum Gasteiger partial charge on any atom is -0.379 e. The van der Waals surface area contributed by atoms with E-state index in [0.717, 1.165) is 38.4 Å². The van der Waals surface area contributed by atoms with Gasteiger partial charge in [-0.3, -0.25) is 14.4 Å². The number of nitrogens with zero attached hydrogens (tertiary/aromatic N) is 3. The van der Waals surface area contributed by atoms with Gasteiger partial charge in [0.15, 0.2) is 0 Å². The van der Waals surface area contributed by atoms with E-state index in [0.29, 0.717) is 30.6 Å². The molecule has 3 rings (SSSR count). The largest absolute Gasteiger partial charge is 0.379 e. The molecule has 1 N–H and O–H groups in total. The van der Waals surface area contributed by atoms with E-state index in [4.69, 9.17) is 4.74 Å². The molecule has 1 amide bonds. The van der Waals surface area contributed by atoms with Crippen LogP contribution in [-0.2, 0) is 17.7 Å². The van der Waals surface area contributed by atoms with Crippen LogP contribution in [0.25, 0.3) is 0 Å². The molecule has 1 unspecified atom stereocenters. The Morgan fingerprint density at radius 3 is 2.57 bits per heavy atom. The van der Waals surface area contributed by atoms with Gasteiger partial charge in [0.25, 0.3) is 5.91 Å². The standard InChI is InChI=1S/C22H32N4O2/c1-4-20-19(14-24-26(20)16-18-8-6-5-7-9-18)22(27)23-15-21(17(2)3)25-10-12-28-13-11-25/h5-9,14,17,21H,4,10-13,15-16H2,1-3H3,(H,23,27). The molecule has 1 aromatic carbocycles. The summed E-state index contributed by atoms with van der Waals surface area (Å²) in [4.78, 5) is 15.3. The lowest BCUT2D eigenvalue weighted by molar-refractivity contribution is 0.00672. The molecule has 6 heteroatoms. The van der Waals surface area contributed by atoms with Crippen molar-refractivity contribution in [2.75, 3.05) is 32.8 Å². The highest BCUT2D eigenvalue weighted by atomic mass is 16.5.